The average molecular weight is 449 g/mol. The number of fused-ring (bicyclic) bond motifs is 1. The highest BCUT2D eigenvalue weighted by Crippen LogP contribution is 2.43. The zero-order valence-corrected chi connectivity index (χ0v) is 19.5. The van der Waals surface area contributed by atoms with Crippen LogP contribution in [0.5, 0.6) is 0 Å². The topological polar surface area (TPSA) is 81.3 Å². The molecule has 2 aromatic rings. The number of carbonyl (C=O) groups excluding carboxylic acids is 1. The van der Waals surface area contributed by atoms with Gasteiger partial charge in [0.05, 0.1) is 6.10 Å². The minimum absolute atomic E-state index is 0.162. The minimum atomic E-state index is -0.405. The molecule has 0 radical (unpaired) electrons. The van der Waals surface area contributed by atoms with Crippen LogP contribution in [0, 0.1) is 0 Å². The van der Waals surface area contributed by atoms with E-state index in [4.69, 9.17) is 15.5 Å². The highest BCUT2D eigenvalue weighted by atomic mass is 16.5. The number of amides is 1. The number of unbranched alkanes of at least 4 members (excludes halogenated alkanes) is 1. The SMILES string of the molecule is NC(=O)C(c1cccnc1C1CC1)N1CC[C@@H](OCCCCc2ccc3c(n2)CCCC3)C1. The maximum Gasteiger partial charge on any atom is 0.239 e. The van der Waals surface area contributed by atoms with E-state index in [2.05, 4.69) is 22.0 Å². The highest BCUT2D eigenvalue weighted by Gasteiger charge is 2.37. The zero-order valence-electron chi connectivity index (χ0n) is 19.5. The van der Waals surface area contributed by atoms with E-state index < -0.39 is 6.04 Å². The van der Waals surface area contributed by atoms with Crippen molar-refractivity contribution in [1.82, 2.24) is 14.9 Å². The van der Waals surface area contributed by atoms with Gasteiger partial charge in [-0.1, -0.05) is 12.1 Å². The Morgan fingerprint density at radius 3 is 2.88 bits per heavy atom. The molecule has 0 aromatic carbocycles. The van der Waals surface area contributed by atoms with Crippen molar-refractivity contribution in [3.63, 3.8) is 0 Å². The maximum atomic E-state index is 12.4. The van der Waals surface area contributed by atoms with Gasteiger partial charge in [0.2, 0.25) is 5.91 Å². The number of hydrogen-bond acceptors (Lipinski definition) is 5. The van der Waals surface area contributed by atoms with Crippen molar-refractivity contribution in [2.45, 2.75) is 82.3 Å². The number of hydrogen-bond donors (Lipinski definition) is 1. The molecular weight excluding hydrogens is 412 g/mol. The van der Waals surface area contributed by atoms with Crippen molar-refractivity contribution in [3.05, 3.63) is 58.7 Å². The number of rotatable bonds is 10. The number of nitrogens with two attached hydrogens (primary N) is 1. The van der Waals surface area contributed by atoms with Crippen molar-refractivity contribution < 1.29 is 9.53 Å². The number of nitrogens with zero attached hydrogens (tertiary/aromatic N) is 3. The summed E-state index contributed by atoms with van der Waals surface area (Å²) in [5.41, 5.74) is 11.9. The Bertz CT molecular complexity index is 974. The highest BCUT2D eigenvalue weighted by molar-refractivity contribution is 5.82. The van der Waals surface area contributed by atoms with Crippen molar-refractivity contribution >= 4 is 5.91 Å². The summed E-state index contributed by atoms with van der Waals surface area (Å²) in [7, 11) is 0. The Hall–Kier alpha value is -2.31. The standard InChI is InChI=1S/C27H36N4O2/c28-27(32)26(23-8-5-15-29-25(23)20-10-11-20)31-16-14-22(18-31)33-17-4-3-7-21-13-12-19-6-1-2-9-24(19)30-21/h5,8,12-13,15,20,22,26H,1-4,6-7,9-11,14,16-18H2,(H2,28,32)/t22-,26?/m1/s1. The lowest BCUT2D eigenvalue weighted by atomic mass is 9.95. The van der Waals surface area contributed by atoms with Gasteiger partial charge in [-0.25, -0.2) is 0 Å². The number of aromatic nitrogens is 2. The lowest BCUT2D eigenvalue weighted by Crippen LogP contribution is -2.38. The summed E-state index contributed by atoms with van der Waals surface area (Å²) < 4.78 is 6.19. The van der Waals surface area contributed by atoms with E-state index in [-0.39, 0.29) is 12.0 Å². The Morgan fingerprint density at radius 2 is 2.03 bits per heavy atom. The summed E-state index contributed by atoms with van der Waals surface area (Å²) in [6.07, 6.45) is 13.3. The number of carbonyl (C=O) groups is 1. The van der Waals surface area contributed by atoms with E-state index in [0.717, 1.165) is 75.9 Å². The van der Waals surface area contributed by atoms with E-state index in [1.54, 1.807) is 0 Å². The molecular formula is C27H36N4O2. The normalized spacial score (nSPS) is 21.6. The van der Waals surface area contributed by atoms with Crippen LogP contribution in [0.1, 0.15) is 85.1 Å². The quantitative estimate of drug-likeness (QED) is 0.558. The number of pyridine rings is 2. The molecule has 3 aliphatic rings. The van der Waals surface area contributed by atoms with Gasteiger partial charge in [0, 0.05) is 54.5 Å². The molecule has 0 spiro atoms. The van der Waals surface area contributed by atoms with Crippen LogP contribution in [0.15, 0.2) is 30.5 Å². The van der Waals surface area contributed by atoms with Gasteiger partial charge in [0.1, 0.15) is 6.04 Å². The molecule has 1 saturated carbocycles. The lowest BCUT2D eigenvalue weighted by Gasteiger charge is -2.27. The van der Waals surface area contributed by atoms with Gasteiger partial charge in [-0.05, 0) is 81.9 Å². The van der Waals surface area contributed by atoms with Crippen molar-refractivity contribution in [2.24, 2.45) is 5.73 Å². The molecule has 6 heteroatoms. The van der Waals surface area contributed by atoms with E-state index in [1.807, 2.05) is 18.3 Å². The number of likely N-dealkylation sites (tertiary alicyclic amines) is 1. The van der Waals surface area contributed by atoms with Crippen LogP contribution >= 0.6 is 0 Å². The maximum absolute atomic E-state index is 12.4. The van der Waals surface area contributed by atoms with Crippen molar-refractivity contribution in [2.75, 3.05) is 19.7 Å². The first kappa shape index (κ1) is 22.5. The van der Waals surface area contributed by atoms with Gasteiger partial charge in [0.15, 0.2) is 0 Å². The molecule has 1 saturated heterocycles. The second kappa shape index (κ2) is 10.3. The third-order valence-electron chi connectivity index (χ3n) is 7.36. The summed E-state index contributed by atoms with van der Waals surface area (Å²) in [6, 6.07) is 8.03. The monoisotopic (exact) mass is 448 g/mol. The number of aryl methyl sites for hydroxylation is 3. The van der Waals surface area contributed by atoms with Crippen LogP contribution in [0.3, 0.4) is 0 Å². The fourth-order valence-corrected chi connectivity index (χ4v) is 5.44. The first-order valence-electron chi connectivity index (χ1n) is 12.8. The van der Waals surface area contributed by atoms with Crippen molar-refractivity contribution in [1.29, 1.82) is 0 Å². The second-order valence-corrected chi connectivity index (χ2v) is 9.91. The molecule has 2 N–H and O–H groups in total. The molecule has 2 fully saturated rings. The first-order valence-corrected chi connectivity index (χ1v) is 12.8. The molecule has 0 bridgehead atoms. The molecule has 33 heavy (non-hydrogen) atoms. The van der Waals surface area contributed by atoms with Crippen LogP contribution in [0.2, 0.25) is 0 Å². The zero-order chi connectivity index (χ0) is 22.6. The number of primary amides is 1. The summed E-state index contributed by atoms with van der Waals surface area (Å²) in [4.78, 5) is 24.1. The summed E-state index contributed by atoms with van der Waals surface area (Å²) in [6.45, 7) is 2.33. The van der Waals surface area contributed by atoms with E-state index in [0.29, 0.717) is 5.92 Å². The predicted octanol–water partition coefficient (Wildman–Crippen LogP) is 3.87. The lowest BCUT2D eigenvalue weighted by molar-refractivity contribution is -0.123. The van der Waals surface area contributed by atoms with Crippen LogP contribution in [0.25, 0.3) is 0 Å². The van der Waals surface area contributed by atoms with Gasteiger partial charge in [-0.3, -0.25) is 19.7 Å². The molecule has 2 atom stereocenters. The molecule has 1 unspecified atom stereocenters. The fraction of sp³-hybridized carbons (Fsp3) is 0.593. The number of ether oxygens (including phenoxy) is 1. The van der Waals surface area contributed by atoms with Gasteiger partial charge < -0.3 is 10.5 Å². The van der Waals surface area contributed by atoms with Gasteiger partial charge in [-0.2, -0.15) is 0 Å². The Morgan fingerprint density at radius 1 is 1.15 bits per heavy atom. The third kappa shape index (κ3) is 5.44. The minimum Gasteiger partial charge on any atom is -0.377 e. The van der Waals surface area contributed by atoms with Gasteiger partial charge in [-0.15, -0.1) is 0 Å². The summed E-state index contributed by atoms with van der Waals surface area (Å²) >= 11 is 0. The average Bonchev–Trinajstić information content (AvgIpc) is 3.58. The predicted molar refractivity (Wildman–Crippen MR) is 128 cm³/mol. The Kier molecular flexibility index (Phi) is 7.02. The molecule has 176 valence electrons. The molecule has 2 aromatic heterocycles. The van der Waals surface area contributed by atoms with Gasteiger partial charge >= 0.3 is 0 Å². The van der Waals surface area contributed by atoms with E-state index in [9.17, 15) is 4.79 Å². The summed E-state index contributed by atoms with van der Waals surface area (Å²) in [5, 5.41) is 0. The van der Waals surface area contributed by atoms with Gasteiger partial charge in [0.25, 0.3) is 0 Å². The third-order valence-corrected chi connectivity index (χ3v) is 7.36. The second-order valence-electron chi connectivity index (χ2n) is 9.91. The molecule has 6 nitrogen and oxygen atoms in total. The molecule has 3 heterocycles. The van der Waals surface area contributed by atoms with Crippen LogP contribution in [0.4, 0.5) is 0 Å². The molecule has 5 rings (SSSR count). The molecule has 2 aliphatic carbocycles. The smallest absolute Gasteiger partial charge is 0.239 e. The first-order chi connectivity index (χ1) is 16.2. The Labute approximate surface area is 196 Å². The van der Waals surface area contributed by atoms with E-state index in [1.165, 1.54) is 36.2 Å². The Balaban J connectivity index is 1.08. The van der Waals surface area contributed by atoms with Crippen molar-refractivity contribution in [3.8, 4) is 0 Å². The summed E-state index contributed by atoms with van der Waals surface area (Å²) in [5.74, 6) is 0.199. The van der Waals surface area contributed by atoms with Crippen LogP contribution in [-0.4, -0.2) is 46.6 Å². The van der Waals surface area contributed by atoms with Crippen LogP contribution < -0.4 is 5.73 Å². The largest absolute Gasteiger partial charge is 0.377 e. The molecule has 1 amide bonds. The molecule has 1 aliphatic heterocycles. The fourth-order valence-electron chi connectivity index (χ4n) is 5.44. The van der Waals surface area contributed by atoms with Crippen LogP contribution in [-0.2, 0) is 28.8 Å². The van der Waals surface area contributed by atoms with E-state index >= 15 is 0 Å².